The average Bonchev–Trinajstić information content (AvgIpc) is 2.45. The third-order valence-electron chi connectivity index (χ3n) is 3.39. The van der Waals surface area contributed by atoms with Crippen molar-refractivity contribution in [1.82, 2.24) is 5.32 Å². The minimum Gasteiger partial charge on any atom is -0.497 e. The molecule has 0 aliphatic rings. The Morgan fingerprint density at radius 2 is 1.63 bits per heavy atom. The molecule has 0 aromatic heterocycles. The van der Waals surface area contributed by atoms with Crippen LogP contribution in [0.15, 0.2) is 18.2 Å². The van der Waals surface area contributed by atoms with E-state index in [-0.39, 0.29) is 6.04 Å². The molecule has 4 heteroatoms. The molecule has 2 unspecified atom stereocenters. The number of nitrogens with one attached hydrogen (secondary N) is 1. The first-order valence-electron chi connectivity index (χ1n) is 6.55. The maximum atomic E-state index is 5.32. The van der Waals surface area contributed by atoms with Crippen LogP contribution in [0.1, 0.15) is 24.9 Å². The van der Waals surface area contributed by atoms with Gasteiger partial charge in [-0.05, 0) is 37.1 Å². The standard InChI is InChI=1S/C15H25NO3/c1-11(6-7-17-3)15(16-2)12-8-13(18-4)10-14(9-12)19-5/h8-11,15-16H,6-7H2,1-5H3. The zero-order chi connectivity index (χ0) is 14.3. The van der Waals surface area contributed by atoms with Crippen molar-refractivity contribution in [2.24, 2.45) is 5.92 Å². The van der Waals surface area contributed by atoms with Gasteiger partial charge >= 0.3 is 0 Å². The number of methoxy groups -OCH3 is 3. The molecular weight excluding hydrogens is 242 g/mol. The third-order valence-corrected chi connectivity index (χ3v) is 3.39. The molecule has 0 spiro atoms. The normalized spacial score (nSPS) is 13.9. The van der Waals surface area contributed by atoms with Gasteiger partial charge in [-0.2, -0.15) is 0 Å². The van der Waals surface area contributed by atoms with E-state index in [1.807, 2.05) is 25.2 Å². The number of benzene rings is 1. The van der Waals surface area contributed by atoms with Crippen LogP contribution in [0.5, 0.6) is 11.5 Å². The van der Waals surface area contributed by atoms with Gasteiger partial charge in [-0.15, -0.1) is 0 Å². The molecule has 0 radical (unpaired) electrons. The summed E-state index contributed by atoms with van der Waals surface area (Å²) in [5.41, 5.74) is 1.17. The topological polar surface area (TPSA) is 39.7 Å². The Morgan fingerprint density at radius 1 is 1.05 bits per heavy atom. The van der Waals surface area contributed by atoms with Crippen LogP contribution in [0.25, 0.3) is 0 Å². The maximum Gasteiger partial charge on any atom is 0.122 e. The fourth-order valence-electron chi connectivity index (χ4n) is 2.26. The Balaban J connectivity index is 2.96. The number of hydrogen-bond acceptors (Lipinski definition) is 4. The number of rotatable bonds is 8. The fourth-order valence-corrected chi connectivity index (χ4v) is 2.26. The minimum atomic E-state index is 0.249. The van der Waals surface area contributed by atoms with Gasteiger partial charge < -0.3 is 19.5 Å². The molecule has 108 valence electrons. The van der Waals surface area contributed by atoms with Gasteiger partial charge in [0.05, 0.1) is 14.2 Å². The molecule has 1 aromatic rings. The molecule has 0 bridgehead atoms. The van der Waals surface area contributed by atoms with Crippen molar-refractivity contribution in [2.75, 3.05) is 35.0 Å². The molecule has 0 fully saturated rings. The zero-order valence-corrected chi connectivity index (χ0v) is 12.5. The maximum absolute atomic E-state index is 5.32. The Bertz CT molecular complexity index is 359. The average molecular weight is 267 g/mol. The molecule has 2 atom stereocenters. The fraction of sp³-hybridized carbons (Fsp3) is 0.600. The second kappa shape index (κ2) is 8.02. The summed E-state index contributed by atoms with van der Waals surface area (Å²) < 4.78 is 15.8. The second-order valence-electron chi connectivity index (χ2n) is 4.67. The predicted molar refractivity (Wildman–Crippen MR) is 77.0 cm³/mol. The van der Waals surface area contributed by atoms with Crippen molar-refractivity contribution in [3.05, 3.63) is 23.8 Å². The number of hydrogen-bond donors (Lipinski definition) is 1. The first-order valence-corrected chi connectivity index (χ1v) is 6.55. The Labute approximate surface area is 116 Å². The van der Waals surface area contributed by atoms with Crippen LogP contribution in [-0.2, 0) is 4.74 Å². The lowest BCUT2D eigenvalue weighted by Gasteiger charge is -2.24. The van der Waals surface area contributed by atoms with Crippen LogP contribution in [0.4, 0.5) is 0 Å². The molecule has 0 aliphatic heterocycles. The van der Waals surface area contributed by atoms with Gasteiger partial charge in [0.15, 0.2) is 0 Å². The Kier molecular flexibility index (Phi) is 6.67. The van der Waals surface area contributed by atoms with E-state index in [0.29, 0.717) is 5.92 Å². The summed E-state index contributed by atoms with van der Waals surface area (Å²) >= 11 is 0. The van der Waals surface area contributed by atoms with Gasteiger partial charge in [-0.3, -0.25) is 0 Å². The van der Waals surface area contributed by atoms with Crippen LogP contribution in [0.2, 0.25) is 0 Å². The molecule has 0 aliphatic carbocycles. The molecule has 19 heavy (non-hydrogen) atoms. The molecular formula is C15H25NO3. The summed E-state index contributed by atoms with van der Waals surface area (Å²) in [7, 11) is 7.04. The molecule has 1 aromatic carbocycles. The first-order chi connectivity index (χ1) is 9.15. The van der Waals surface area contributed by atoms with Crippen molar-refractivity contribution in [3.8, 4) is 11.5 Å². The van der Waals surface area contributed by atoms with Gasteiger partial charge in [-0.1, -0.05) is 6.92 Å². The van der Waals surface area contributed by atoms with Gasteiger partial charge in [-0.25, -0.2) is 0 Å². The van der Waals surface area contributed by atoms with E-state index in [1.165, 1.54) is 5.56 Å². The summed E-state index contributed by atoms with van der Waals surface area (Å²) in [4.78, 5) is 0. The van der Waals surface area contributed by atoms with Crippen LogP contribution in [-0.4, -0.2) is 35.0 Å². The highest BCUT2D eigenvalue weighted by Gasteiger charge is 2.19. The molecule has 1 N–H and O–H groups in total. The van der Waals surface area contributed by atoms with Crippen LogP contribution in [0.3, 0.4) is 0 Å². The summed E-state index contributed by atoms with van der Waals surface area (Å²) in [5.74, 6) is 2.09. The van der Waals surface area contributed by atoms with Crippen molar-refractivity contribution >= 4 is 0 Å². The molecule has 0 amide bonds. The largest absolute Gasteiger partial charge is 0.497 e. The summed E-state index contributed by atoms with van der Waals surface area (Å²) in [6.07, 6.45) is 1.00. The summed E-state index contributed by atoms with van der Waals surface area (Å²) in [6.45, 7) is 2.98. The SMILES string of the molecule is CNC(c1cc(OC)cc(OC)c1)C(C)CCOC. The molecule has 0 saturated carbocycles. The number of ether oxygens (including phenoxy) is 3. The van der Waals surface area contributed by atoms with Gasteiger partial charge in [0.1, 0.15) is 11.5 Å². The second-order valence-corrected chi connectivity index (χ2v) is 4.67. The minimum absolute atomic E-state index is 0.249. The molecule has 4 nitrogen and oxygen atoms in total. The predicted octanol–water partition coefficient (Wildman–Crippen LogP) is 2.64. The van der Waals surface area contributed by atoms with Crippen LogP contribution >= 0.6 is 0 Å². The summed E-state index contributed by atoms with van der Waals surface area (Å²) in [6, 6.07) is 6.23. The van der Waals surface area contributed by atoms with Crippen molar-refractivity contribution in [2.45, 2.75) is 19.4 Å². The van der Waals surface area contributed by atoms with Gasteiger partial charge in [0.25, 0.3) is 0 Å². The van der Waals surface area contributed by atoms with E-state index in [4.69, 9.17) is 14.2 Å². The quantitative estimate of drug-likeness (QED) is 0.786. The van der Waals surface area contributed by atoms with Gasteiger partial charge in [0, 0.05) is 25.8 Å². The van der Waals surface area contributed by atoms with E-state index in [0.717, 1.165) is 24.5 Å². The third kappa shape index (κ3) is 4.40. The lowest BCUT2D eigenvalue weighted by Crippen LogP contribution is -2.24. The molecule has 0 saturated heterocycles. The molecule has 1 rings (SSSR count). The van der Waals surface area contributed by atoms with Crippen LogP contribution < -0.4 is 14.8 Å². The Morgan fingerprint density at radius 3 is 2.05 bits per heavy atom. The van der Waals surface area contributed by atoms with Crippen molar-refractivity contribution in [3.63, 3.8) is 0 Å². The van der Waals surface area contributed by atoms with Gasteiger partial charge in [0.2, 0.25) is 0 Å². The lowest BCUT2D eigenvalue weighted by atomic mass is 9.92. The van der Waals surface area contributed by atoms with Crippen LogP contribution in [0, 0.1) is 5.92 Å². The highest BCUT2D eigenvalue weighted by atomic mass is 16.5. The highest BCUT2D eigenvalue weighted by molar-refractivity contribution is 5.40. The van der Waals surface area contributed by atoms with E-state index in [1.54, 1.807) is 21.3 Å². The Hall–Kier alpha value is -1.26. The zero-order valence-electron chi connectivity index (χ0n) is 12.5. The smallest absolute Gasteiger partial charge is 0.122 e. The van der Waals surface area contributed by atoms with Crippen molar-refractivity contribution in [1.29, 1.82) is 0 Å². The monoisotopic (exact) mass is 267 g/mol. The van der Waals surface area contributed by atoms with E-state index >= 15 is 0 Å². The van der Waals surface area contributed by atoms with E-state index in [2.05, 4.69) is 12.2 Å². The first kappa shape index (κ1) is 15.8. The lowest BCUT2D eigenvalue weighted by molar-refractivity contribution is 0.171. The highest BCUT2D eigenvalue weighted by Crippen LogP contribution is 2.31. The van der Waals surface area contributed by atoms with Crippen molar-refractivity contribution < 1.29 is 14.2 Å². The van der Waals surface area contributed by atoms with E-state index in [9.17, 15) is 0 Å². The van der Waals surface area contributed by atoms with E-state index < -0.39 is 0 Å². The summed E-state index contributed by atoms with van der Waals surface area (Å²) in [5, 5.41) is 3.36. The molecule has 0 heterocycles.